The summed E-state index contributed by atoms with van der Waals surface area (Å²) in [4.78, 5) is 17.9. The van der Waals surface area contributed by atoms with Crippen LogP contribution >= 0.6 is 11.3 Å². The molecule has 22 heavy (non-hydrogen) atoms. The highest BCUT2D eigenvalue weighted by Crippen LogP contribution is 2.38. The van der Waals surface area contributed by atoms with Crippen molar-refractivity contribution in [1.29, 1.82) is 5.26 Å². The summed E-state index contributed by atoms with van der Waals surface area (Å²) in [7, 11) is 0. The van der Waals surface area contributed by atoms with Gasteiger partial charge in [-0.15, -0.1) is 5.10 Å². The van der Waals surface area contributed by atoms with Crippen molar-refractivity contribution >= 4 is 26.7 Å². The lowest BCUT2D eigenvalue weighted by atomic mass is 10.2. The third-order valence-electron chi connectivity index (χ3n) is 3.74. The monoisotopic (exact) mass is 313 g/mol. The van der Waals surface area contributed by atoms with Gasteiger partial charge in [0.2, 0.25) is 5.89 Å². The Kier molecular flexibility index (Phi) is 2.94. The molecule has 0 radical (unpaired) electrons. The molecule has 0 unspecified atom stereocenters. The van der Waals surface area contributed by atoms with Gasteiger partial charge < -0.3 is 9.32 Å². The van der Waals surface area contributed by atoms with Crippen LogP contribution in [0.3, 0.4) is 0 Å². The van der Waals surface area contributed by atoms with Gasteiger partial charge in [-0.05, 0) is 31.0 Å². The van der Waals surface area contributed by atoms with Crippen LogP contribution in [0.5, 0.6) is 0 Å². The van der Waals surface area contributed by atoms with Gasteiger partial charge >= 0.3 is 5.76 Å². The molecule has 0 bridgehead atoms. The molecule has 0 saturated carbocycles. The molecule has 3 aromatic rings. The van der Waals surface area contributed by atoms with E-state index in [-0.39, 0.29) is 6.04 Å². The molecule has 1 aliphatic heterocycles. The number of fused-ring (bicyclic) bond motifs is 1. The SMILES string of the molecule is N#Cc1ccc2sc(N3CCC[C@@H]3c3n[nH]c(=O)o3)nc2c1. The average molecular weight is 313 g/mol. The van der Waals surface area contributed by atoms with Gasteiger partial charge in [-0.1, -0.05) is 11.3 Å². The summed E-state index contributed by atoms with van der Waals surface area (Å²) in [6.07, 6.45) is 1.85. The number of benzene rings is 1. The number of hydrogen-bond acceptors (Lipinski definition) is 7. The van der Waals surface area contributed by atoms with Crippen LogP contribution in [0.2, 0.25) is 0 Å². The number of H-pyrrole nitrogens is 1. The highest BCUT2D eigenvalue weighted by molar-refractivity contribution is 7.22. The maximum Gasteiger partial charge on any atom is 0.434 e. The summed E-state index contributed by atoms with van der Waals surface area (Å²) < 4.78 is 6.13. The first kappa shape index (κ1) is 13.0. The molecule has 1 atom stereocenters. The number of hydrogen-bond donors (Lipinski definition) is 1. The number of nitrogens with one attached hydrogen (secondary N) is 1. The van der Waals surface area contributed by atoms with Gasteiger partial charge in [0.15, 0.2) is 5.13 Å². The van der Waals surface area contributed by atoms with Gasteiger partial charge in [0.25, 0.3) is 0 Å². The van der Waals surface area contributed by atoms with E-state index in [9.17, 15) is 4.79 Å². The molecule has 1 saturated heterocycles. The predicted octanol–water partition coefficient (Wildman–Crippen LogP) is 2.19. The number of rotatable bonds is 2. The summed E-state index contributed by atoms with van der Waals surface area (Å²) in [6, 6.07) is 7.54. The lowest BCUT2D eigenvalue weighted by Gasteiger charge is -2.20. The fourth-order valence-electron chi connectivity index (χ4n) is 2.74. The standard InChI is InChI=1S/C14H11N5O2S/c15-7-8-3-4-11-9(6-8)16-13(22-11)19-5-1-2-10(19)12-17-18-14(20)21-12/h3-4,6,10H,1-2,5H2,(H,18,20)/t10-/m1/s1. The second-order valence-corrected chi connectivity index (χ2v) is 6.10. The van der Waals surface area contributed by atoms with E-state index in [4.69, 9.17) is 9.68 Å². The smallest absolute Gasteiger partial charge is 0.390 e. The van der Waals surface area contributed by atoms with Crippen molar-refractivity contribution in [1.82, 2.24) is 15.2 Å². The van der Waals surface area contributed by atoms with Crippen LogP contribution in [0, 0.1) is 11.3 Å². The molecule has 0 aliphatic carbocycles. The van der Waals surface area contributed by atoms with Crippen LogP contribution in [0.15, 0.2) is 27.4 Å². The second kappa shape index (κ2) is 4.96. The van der Waals surface area contributed by atoms with E-state index < -0.39 is 5.76 Å². The van der Waals surface area contributed by atoms with Crippen molar-refractivity contribution in [3.63, 3.8) is 0 Å². The lowest BCUT2D eigenvalue weighted by molar-refractivity contribution is 0.425. The van der Waals surface area contributed by atoms with Crippen LogP contribution < -0.4 is 10.7 Å². The van der Waals surface area contributed by atoms with Crippen LogP contribution in [0.25, 0.3) is 10.2 Å². The maximum atomic E-state index is 11.2. The van der Waals surface area contributed by atoms with E-state index in [0.29, 0.717) is 11.5 Å². The first-order valence-electron chi connectivity index (χ1n) is 6.87. The van der Waals surface area contributed by atoms with Gasteiger partial charge in [0.1, 0.15) is 6.04 Å². The Hall–Kier alpha value is -2.66. The quantitative estimate of drug-likeness (QED) is 0.778. The lowest BCUT2D eigenvalue weighted by Crippen LogP contribution is -2.22. The Bertz CT molecular complexity index is 935. The van der Waals surface area contributed by atoms with Crippen molar-refractivity contribution in [2.75, 3.05) is 11.4 Å². The molecule has 2 aromatic heterocycles. The Morgan fingerprint density at radius 3 is 3.18 bits per heavy atom. The molecule has 3 heterocycles. The molecule has 110 valence electrons. The summed E-state index contributed by atoms with van der Waals surface area (Å²) >= 11 is 1.57. The number of aromatic amines is 1. The van der Waals surface area contributed by atoms with Crippen molar-refractivity contribution in [3.05, 3.63) is 40.2 Å². The van der Waals surface area contributed by atoms with E-state index in [1.807, 2.05) is 6.07 Å². The molecule has 1 aromatic carbocycles. The molecule has 0 amide bonds. The van der Waals surface area contributed by atoms with Crippen LogP contribution in [0.1, 0.15) is 30.3 Å². The first-order chi connectivity index (χ1) is 10.7. The van der Waals surface area contributed by atoms with Crippen molar-refractivity contribution in [2.45, 2.75) is 18.9 Å². The number of nitrogens with zero attached hydrogens (tertiary/aromatic N) is 4. The fourth-order valence-corrected chi connectivity index (χ4v) is 3.77. The molecule has 1 N–H and O–H groups in total. The molecule has 7 nitrogen and oxygen atoms in total. The molecular formula is C14H11N5O2S. The van der Waals surface area contributed by atoms with E-state index in [2.05, 4.69) is 26.2 Å². The molecule has 8 heteroatoms. The van der Waals surface area contributed by atoms with E-state index >= 15 is 0 Å². The molecule has 1 aliphatic rings. The minimum atomic E-state index is -0.537. The van der Waals surface area contributed by atoms with Gasteiger partial charge in [-0.3, -0.25) is 0 Å². The summed E-state index contributed by atoms with van der Waals surface area (Å²) in [5.41, 5.74) is 1.41. The Morgan fingerprint density at radius 1 is 1.50 bits per heavy atom. The average Bonchev–Trinajstić information content (AvgIpc) is 3.23. The topological polar surface area (TPSA) is 98.8 Å². The van der Waals surface area contributed by atoms with Gasteiger partial charge in [-0.2, -0.15) is 5.26 Å². The Labute approximate surface area is 128 Å². The minimum Gasteiger partial charge on any atom is -0.390 e. The van der Waals surface area contributed by atoms with Crippen molar-refractivity contribution < 1.29 is 4.42 Å². The van der Waals surface area contributed by atoms with Gasteiger partial charge in [-0.25, -0.2) is 14.9 Å². The zero-order chi connectivity index (χ0) is 15.1. The van der Waals surface area contributed by atoms with Crippen molar-refractivity contribution in [3.8, 4) is 6.07 Å². The molecular weight excluding hydrogens is 302 g/mol. The molecule has 1 fully saturated rings. The zero-order valence-electron chi connectivity index (χ0n) is 11.4. The zero-order valence-corrected chi connectivity index (χ0v) is 12.3. The van der Waals surface area contributed by atoms with E-state index in [1.54, 1.807) is 23.5 Å². The summed E-state index contributed by atoms with van der Waals surface area (Å²) in [5, 5.41) is 16.1. The van der Waals surface area contributed by atoms with Crippen molar-refractivity contribution in [2.24, 2.45) is 0 Å². The number of nitriles is 1. The largest absolute Gasteiger partial charge is 0.434 e. The summed E-state index contributed by atoms with van der Waals surface area (Å²) in [6.45, 7) is 0.839. The van der Waals surface area contributed by atoms with E-state index in [1.165, 1.54) is 0 Å². The van der Waals surface area contributed by atoms with E-state index in [0.717, 1.165) is 34.7 Å². The highest BCUT2D eigenvalue weighted by Gasteiger charge is 2.32. The minimum absolute atomic E-state index is 0.0741. The Morgan fingerprint density at radius 2 is 2.41 bits per heavy atom. The summed E-state index contributed by atoms with van der Waals surface area (Å²) in [5.74, 6) is -0.135. The van der Waals surface area contributed by atoms with Crippen LogP contribution in [-0.2, 0) is 0 Å². The number of thiazole rings is 1. The van der Waals surface area contributed by atoms with Gasteiger partial charge in [0, 0.05) is 6.54 Å². The van der Waals surface area contributed by atoms with Crippen LogP contribution in [-0.4, -0.2) is 21.7 Å². The Balaban J connectivity index is 1.74. The third kappa shape index (κ3) is 2.07. The predicted molar refractivity (Wildman–Crippen MR) is 80.8 cm³/mol. The number of aromatic nitrogens is 3. The highest BCUT2D eigenvalue weighted by atomic mass is 32.1. The fraction of sp³-hybridized carbons (Fsp3) is 0.286. The molecule has 4 rings (SSSR count). The third-order valence-corrected chi connectivity index (χ3v) is 4.82. The first-order valence-corrected chi connectivity index (χ1v) is 7.69. The maximum absolute atomic E-state index is 11.2. The number of anilines is 1. The normalized spacial score (nSPS) is 18.0. The van der Waals surface area contributed by atoms with Gasteiger partial charge in [0.05, 0.1) is 21.8 Å². The van der Waals surface area contributed by atoms with Crippen LogP contribution in [0.4, 0.5) is 5.13 Å². The molecule has 0 spiro atoms. The second-order valence-electron chi connectivity index (χ2n) is 5.09.